The van der Waals surface area contributed by atoms with Crippen molar-refractivity contribution in [3.8, 4) is 5.75 Å². The van der Waals surface area contributed by atoms with E-state index in [2.05, 4.69) is 0 Å². The fraction of sp³-hybridized carbons (Fsp3) is 0.357. The Morgan fingerprint density at radius 2 is 1.52 bits per heavy atom. The van der Waals surface area contributed by atoms with Gasteiger partial charge in [-0.05, 0) is 30.5 Å². The second-order valence-electron chi connectivity index (χ2n) is 4.74. The van der Waals surface area contributed by atoms with E-state index >= 15 is 0 Å². The number of aliphatic carboxylic acids is 1. The molecule has 0 aliphatic rings. The molecule has 6 N–H and O–H groups in total. The highest BCUT2D eigenvalue weighted by Crippen LogP contribution is 2.11. The third kappa shape index (κ3) is 5.33. The number of phenols is 1. The molecule has 0 amide bonds. The molecule has 1 aromatic rings. The summed E-state index contributed by atoms with van der Waals surface area (Å²) in [4.78, 5) is 34.0. The van der Waals surface area contributed by atoms with E-state index in [1.807, 2.05) is 0 Å². The van der Waals surface area contributed by atoms with Gasteiger partial charge in [0, 0.05) is 6.42 Å². The van der Waals surface area contributed by atoms with Crippen LogP contribution in [0.15, 0.2) is 24.3 Å². The van der Waals surface area contributed by atoms with Crippen LogP contribution in [0.2, 0.25) is 0 Å². The molecule has 0 radical (unpaired) electrons. The zero-order valence-electron chi connectivity index (χ0n) is 11.4. The Morgan fingerprint density at radius 3 is 2.05 bits per heavy atom. The van der Waals surface area contributed by atoms with Crippen molar-refractivity contribution in [3.63, 3.8) is 0 Å². The summed E-state index contributed by atoms with van der Waals surface area (Å²) in [6.45, 7) is 0. The minimum absolute atomic E-state index is 0.0883. The maximum atomic E-state index is 11.8. The molecule has 0 saturated heterocycles. The first-order chi connectivity index (χ1) is 9.81. The Bertz CT molecular complexity index is 527. The molecule has 0 aromatic heterocycles. The highest BCUT2D eigenvalue weighted by atomic mass is 16.4. The van der Waals surface area contributed by atoms with Crippen LogP contribution >= 0.6 is 0 Å². The Morgan fingerprint density at radius 1 is 1.00 bits per heavy atom. The number of carboxylic acid groups (broad SMARTS) is 1. The van der Waals surface area contributed by atoms with Crippen LogP contribution in [0.5, 0.6) is 5.75 Å². The number of phenolic OH excluding ortho intramolecular Hbond substituents is 1. The molecule has 0 spiro atoms. The third-order valence-electron chi connectivity index (χ3n) is 2.98. The van der Waals surface area contributed by atoms with Crippen molar-refractivity contribution >= 4 is 17.5 Å². The van der Waals surface area contributed by atoms with Gasteiger partial charge < -0.3 is 21.7 Å². The molecule has 0 heterocycles. The number of carbonyl (C=O) groups excluding carboxylic acids is 2. The topological polar surface area (TPSA) is 144 Å². The van der Waals surface area contributed by atoms with E-state index in [4.69, 9.17) is 21.7 Å². The lowest BCUT2D eigenvalue weighted by Gasteiger charge is -2.13. The van der Waals surface area contributed by atoms with Crippen molar-refractivity contribution in [2.24, 2.45) is 11.5 Å². The van der Waals surface area contributed by atoms with Gasteiger partial charge in [0.05, 0.1) is 12.1 Å². The quantitative estimate of drug-likeness (QED) is 0.477. The maximum absolute atomic E-state index is 11.8. The van der Waals surface area contributed by atoms with E-state index in [-0.39, 0.29) is 25.0 Å². The zero-order chi connectivity index (χ0) is 16.0. The van der Waals surface area contributed by atoms with E-state index < -0.39 is 29.6 Å². The molecule has 0 unspecified atom stereocenters. The van der Waals surface area contributed by atoms with Crippen LogP contribution in [0.25, 0.3) is 0 Å². The lowest BCUT2D eigenvalue weighted by Crippen LogP contribution is -2.45. The standard InChI is InChI=1S/C14H18N2O5/c15-10(5-6-12(18)19)13(20)14(21)11(16)7-8-1-3-9(17)4-2-8/h1-4,10-11,17H,5-7,15-16H2,(H,18,19)/t10-,11-/m0/s1. The van der Waals surface area contributed by atoms with Crippen LogP contribution in [0.4, 0.5) is 0 Å². The fourth-order valence-corrected chi connectivity index (χ4v) is 1.75. The fourth-order valence-electron chi connectivity index (χ4n) is 1.75. The Hall–Kier alpha value is -2.25. The largest absolute Gasteiger partial charge is 0.508 e. The van der Waals surface area contributed by atoms with Gasteiger partial charge in [-0.1, -0.05) is 12.1 Å². The van der Waals surface area contributed by atoms with E-state index in [1.54, 1.807) is 12.1 Å². The first-order valence-electron chi connectivity index (χ1n) is 6.40. The van der Waals surface area contributed by atoms with Gasteiger partial charge in [-0.2, -0.15) is 0 Å². The van der Waals surface area contributed by atoms with E-state index in [1.165, 1.54) is 12.1 Å². The molecular formula is C14H18N2O5. The number of carboxylic acids is 1. The summed E-state index contributed by atoms with van der Waals surface area (Å²) < 4.78 is 0. The number of ketones is 2. The number of carbonyl (C=O) groups is 3. The second-order valence-corrected chi connectivity index (χ2v) is 4.74. The molecule has 0 saturated carbocycles. The van der Waals surface area contributed by atoms with Crippen LogP contribution in [0.1, 0.15) is 18.4 Å². The lowest BCUT2D eigenvalue weighted by atomic mass is 9.96. The van der Waals surface area contributed by atoms with Gasteiger partial charge in [0.1, 0.15) is 5.75 Å². The number of benzene rings is 1. The Kier molecular flexibility index (Phi) is 6.01. The summed E-state index contributed by atoms with van der Waals surface area (Å²) in [5.41, 5.74) is 11.9. The first kappa shape index (κ1) is 16.8. The van der Waals surface area contributed by atoms with Crippen molar-refractivity contribution in [2.75, 3.05) is 0 Å². The van der Waals surface area contributed by atoms with Gasteiger partial charge in [0.15, 0.2) is 0 Å². The summed E-state index contributed by atoms with van der Waals surface area (Å²) in [7, 11) is 0. The zero-order valence-corrected chi connectivity index (χ0v) is 11.4. The van der Waals surface area contributed by atoms with Crippen LogP contribution in [-0.4, -0.2) is 39.8 Å². The van der Waals surface area contributed by atoms with Gasteiger partial charge in [0.2, 0.25) is 11.6 Å². The van der Waals surface area contributed by atoms with Crippen molar-refractivity contribution in [1.29, 1.82) is 0 Å². The minimum atomic E-state index is -1.15. The van der Waals surface area contributed by atoms with Gasteiger partial charge in [-0.3, -0.25) is 14.4 Å². The summed E-state index contributed by atoms with van der Waals surface area (Å²) in [5.74, 6) is -2.67. The van der Waals surface area contributed by atoms with Crippen LogP contribution in [0.3, 0.4) is 0 Å². The average Bonchev–Trinajstić information content (AvgIpc) is 2.45. The number of nitrogens with two attached hydrogens (primary N) is 2. The summed E-state index contributed by atoms with van der Waals surface area (Å²) in [6, 6.07) is 3.89. The molecule has 7 heteroatoms. The summed E-state index contributed by atoms with van der Waals surface area (Å²) in [5, 5.41) is 17.7. The van der Waals surface area contributed by atoms with Gasteiger partial charge in [-0.25, -0.2) is 0 Å². The molecule has 21 heavy (non-hydrogen) atoms. The van der Waals surface area contributed by atoms with Crippen molar-refractivity contribution in [1.82, 2.24) is 0 Å². The first-order valence-corrected chi connectivity index (χ1v) is 6.40. The van der Waals surface area contributed by atoms with Crippen LogP contribution < -0.4 is 11.5 Å². The monoisotopic (exact) mass is 294 g/mol. The minimum Gasteiger partial charge on any atom is -0.508 e. The van der Waals surface area contributed by atoms with Crippen LogP contribution in [-0.2, 0) is 20.8 Å². The molecular weight excluding hydrogens is 276 g/mol. The summed E-state index contributed by atoms with van der Waals surface area (Å²) >= 11 is 0. The van der Waals surface area contributed by atoms with Crippen molar-refractivity contribution in [2.45, 2.75) is 31.3 Å². The van der Waals surface area contributed by atoms with Gasteiger partial charge >= 0.3 is 5.97 Å². The number of rotatable bonds is 8. The van der Waals surface area contributed by atoms with Crippen molar-refractivity contribution < 1.29 is 24.6 Å². The Labute approximate surface area is 121 Å². The van der Waals surface area contributed by atoms with Crippen molar-refractivity contribution in [3.05, 3.63) is 29.8 Å². The molecule has 1 rings (SSSR count). The number of aromatic hydroxyl groups is 1. The molecule has 7 nitrogen and oxygen atoms in total. The summed E-state index contributed by atoms with van der Waals surface area (Å²) in [6.07, 6.45) is -0.254. The third-order valence-corrected chi connectivity index (χ3v) is 2.98. The second kappa shape index (κ2) is 7.51. The van der Waals surface area contributed by atoms with E-state index in [9.17, 15) is 14.4 Å². The molecule has 114 valence electrons. The highest BCUT2D eigenvalue weighted by molar-refractivity contribution is 6.41. The van der Waals surface area contributed by atoms with Gasteiger partial charge in [0.25, 0.3) is 0 Å². The molecule has 0 aliphatic heterocycles. The van der Waals surface area contributed by atoms with Crippen LogP contribution in [0, 0.1) is 0 Å². The maximum Gasteiger partial charge on any atom is 0.303 e. The Balaban J connectivity index is 2.58. The SMILES string of the molecule is N[C@@H](CCC(=O)O)C(=O)C(=O)[C@@H](N)Cc1ccc(O)cc1. The molecule has 0 fully saturated rings. The number of Topliss-reactive ketones (excluding diaryl/α,β-unsaturated/α-hetero) is 2. The van der Waals surface area contributed by atoms with E-state index in [0.29, 0.717) is 5.56 Å². The number of hydrogen-bond acceptors (Lipinski definition) is 6. The lowest BCUT2D eigenvalue weighted by molar-refractivity contribution is -0.139. The molecule has 2 atom stereocenters. The number of hydrogen-bond donors (Lipinski definition) is 4. The van der Waals surface area contributed by atoms with E-state index in [0.717, 1.165) is 0 Å². The average molecular weight is 294 g/mol. The smallest absolute Gasteiger partial charge is 0.303 e. The van der Waals surface area contributed by atoms with Gasteiger partial charge in [-0.15, -0.1) is 0 Å². The predicted molar refractivity (Wildman–Crippen MR) is 74.6 cm³/mol. The highest BCUT2D eigenvalue weighted by Gasteiger charge is 2.27. The predicted octanol–water partition coefficient (Wildman–Crippen LogP) is -0.408. The molecule has 1 aromatic carbocycles. The normalized spacial score (nSPS) is 13.4. The molecule has 0 bridgehead atoms. The molecule has 0 aliphatic carbocycles.